The van der Waals surface area contributed by atoms with E-state index < -0.39 is 11.5 Å². The molecule has 0 aliphatic carbocycles. The minimum Gasteiger partial charge on any atom is -0.480 e. The predicted octanol–water partition coefficient (Wildman–Crippen LogP) is 1.39. The second kappa shape index (κ2) is 4.86. The normalized spacial score (nSPS) is 18.3. The van der Waals surface area contributed by atoms with E-state index in [-0.39, 0.29) is 5.92 Å². The van der Waals surface area contributed by atoms with Gasteiger partial charge < -0.3 is 5.11 Å². The molecule has 0 rings (SSSR count). The van der Waals surface area contributed by atoms with Crippen molar-refractivity contribution in [1.29, 1.82) is 0 Å². The minimum atomic E-state index is -0.761. The second-order valence-corrected chi connectivity index (χ2v) is 4.61. The van der Waals surface area contributed by atoms with Crippen LogP contribution in [0, 0.1) is 5.92 Å². The Labute approximate surface area is 84.5 Å². The third kappa shape index (κ3) is 2.61. The fourth-order valence-corrected chi connectivity index (χ4v) is 2.08. The molecule has 0 aliphatic rings. The Morgan fingerprint density at radius 2 is 2.08 bits per heavy atom. The SMILES string of the molecule is CSCC(C)C(C)(C(=O)O)N(C)C. The predicted molar refractivity (Wildman–Crippen MR) is 57.3 cm³/mol. The lowest BCUT2D eigenvalue weighted by Gasteiger charge is -2.37. The molecule has 0 aromatic carbocycles. The van der Waals surface area contributed by atoms with Crippen molar-refractivity contribution in [3.8, 4) is 0 Å². The van der Waals surface area contributed by atoms with Crippen molar-refractivity contribution >= 4 is 17.7 Å². The summed E-state index contributed by atoms with van der Waals surface area (Å²) in [5.74, 6) is 0.245. The van der Waals surface area contributed by atoms with Gasteiger partial charge in [0.1, 0.15) is 5.54 Å². The van der Waals surface area contributed by atoms with Crippen LogP contribution in [-0.2, 0) is 4.79 Å². The molecule has 0 fully saturated rings. The third-order valence-corrected chi connectivity index (χ3v) is 3.57. The van der Waals surface area contributed by atoms with Crippen LogP contribution < -0.4 is 0 Å². The summed E-state index contributed by atoms with van der Waals surface area (Å²) in [4.78, 5) is 12.9. The Morgan fingerprint density at radius 3 is 2.31 bits per heavy atom. The van der Waals surface area contributed by atoms with Crippen LogP contribution in [0.25, 0.3) is 0 Å². The average molecular weight is 205 g/mol. The smallest absolute Gasteiger partial charge is 0.324 e. The van der Waals surface area contributed by atoms with Gasteiger partial charge in [-0.3, -0.25) is 9.69 Å². The van der Waals surface area contributed by atoms with E-state index in [1.165, 1.54) is 0 Å². The summed E-state index contributed by atoms with van der Waals surface area (Å²) in [5.41, 5.74) is -0.761. The van der Waals surface area contributed by atoms with Gasteiger partial charge in [0, 0.05) is 0 Å². The number of hydrogen-bond donors (Lipinski definition) is 1. The molecule has 0 aromatic rings. The first kappa shape index (κ1) is 12.8. The molecule has 0 amide bonds. The second-order valence-electron chi connectivity index (χ2n) is 3.70. The van der Waals surface area contributed by atoms with E-state index in [1.807, 2.05) is 27.3 Å². The number of rotatable bonds is 5. The summed E-state index contributed by atoms with van der Waals surface area (Å²) in [6.07, 6.45) is 1.99. The molecule has 0 bridgehead atoms. The van der Waals surface area contributed by atoms with Crippen molar-refractivity contribution in [2.45, 2.75) is 19.4 Å². The lowest BCUT2D eigenvalue weighted by Crippen LogP contribution is -2.54. The van der Waals surface area contributed by atoms with Crippen molar-refractivity contribution in [2.75, 3.05) is 26.1 Å². The summed E-state index contributed by atoms with van der Waals surface area (Å²) in [5, 5.41) is 9.15. The van der Waals surface area contributed by atoms with Crippen LogP contribution in [0.15, 0.2) is 0 Å². The Hall–Kier alpha value is -0.220. The molecule has 0 spiro atoms. The zero-order valence-electron chi connectivity index (χ0n) is 9.00. The number of aliphatic carboxylic acids is 1. The van der Waals surface area contributed by atoms with Crippen LogP contribution in [0.4, 0.5) is 0 Å². The monoisotopic (exact) mass is 205 g/mol. The number of carbonyl (C=O) groups is 1. The van der Waals surface area contributed by atoms with Gasteiger partial charge in [-0.1, -0.05) is 6.92 Å². The van der Waals surface area contributed by atoms with Gasteiger partial charge in [0.15, 0.2) is 0 Å². The van der Waals surface area contributed by atoms with Crippen molar-refractivity contribution in [2.24, 2.45) is 5.92 Å². The topological polar surface area (TPSA) is 40.5 Å². The average Bonchev–Trinajstić information content (AvgIpc) is 2.02. The number of likely N-dealkylation sites (N-methyl/N-ethyl adjacent to an activating group) is 1. The summed E-state index contributed by atoms with van der Waals surface area (Å²) >= 11 is 1.68. The van der Waals surface area contributed by atoms with Gasteiger partial charge in [-0.2, -0.15) is 11.8 Å². The van der Waals surface area contributed by atoms with Crippen LogP contribution in [-0.4, -0.2) is 47.6 Å². The molecule has 0 radical (unpaired) electrons. The van der Waals surface area contributed by atoms with Crippen molar-refractivity contribution in [3.63, 3.8) is 0 Å². The third-order valence-electron chi connectivity index (χ3n) is 2.74. The molecular weight excluding hydrogens is 186 g/mol. The maximum absolute atomic E-state index is 11.1. The largest absolute Gasteiger partial charge is 0.480 e. The van der Waals surface area contributed by atoms with E-state index in [0.717, 1.165) is 5.75 Å². The molecular formula is C9H19NO2S. The molecule has 0 saturated heterocycles. The van der Waals surface area contributed by atoms with E-state index in [0.29, 0.717) is 0 Å². The molecule has 13 heavy (non-hydrogen) atoms. The Balaban J connectivity index is 4.68. The fourth-order valence-electron chi connectivity index (χ4n) is 1.26. The van der Waals surface area contributed by atoms with Gasteiger partial charge in [-0.15, -0.1) is 0 Å². The highest BCUT2D eigenvalue weighted by Gasteiger charge is 2.40. The number of nitrogens with zero attached hydrogens (tertiary/aromatic N) is 1. The Morgan fingerprint density at radius 1 is 1.62 bits per heavy atom. The maximum Gasteiger partial charge on any atom is 0.324 e. The molecule has 2 unspecified atom stereocenters. The highest BCUT2D eigenvalue weighted by atomic mass is 32.2. The fraction of sp³-hybridized carbons (Fsp3) is 0.889. The Kier molecular flexibility index (Phi) is 4.78. The zero-order valence-corrected chi connectivity index (χ0v) is 9.81. The number of hydrogen-bond acceptors (Lipinski definition) is 3. The first-order valence-electron chi connectivity index (χ1n) is 4.27. The maximum atomic E-state index is 11.1. The van der Waals surface area contributed by atoms with Crippen LogP contribution in [0.5, 0.6) is 0 Å². The molecule has 0 heterocycles. The highest BCUT2D eigenvalue weighted by Crippen LogP contribution is 2.25. The molecule has 3 nitrogen and oxygen atoms in total. The van der Waals surface area contributed by atoms with E-state index in [1.54, 1.807) is 23.6 Å². The molecule has 2 atom stereocenters. The zero-order chi connectivity index (χ0) is 10.6. The summed E-state index contributed by atoms with van der Waals surface area (Å²) < 4.78 is 0. The Bertz CT molecular complexity index is 184. The highest BCUT2D eigenvalue weighted by molar-refractivity contribution is 7.98. The summed E-state index contributed by atoms with van der Waals surface area (Å²) in [6, 6.07) is 0. The first-order valence-corrected chi connectivity index (χ1v) is 5.66. The van der Waals surface area contributed by atoms with Gasteiger partial charge in [0.2, 0.25) is 0 Å². The van der Waals surface area contributed by atoms with Crippen LogP contribution in [0.1, 0.15) is 13.8 Å². The molecule has 0 aliphatic heterocycles. The van der Waals surface area contributed by atoms with Crippen LogP contribution in [0.3, 0.4) is 0 Å². The van der Waals surface area contributed by atoms with E-state index in [9.17, 15) is 4.79 Å². The number of carboxylic acid groups (broad SMARTS) is 1. The van der Waals surface area contributed by atoms with Crippen molar-refractivity contribution in [3.05, 3.63) is 0 Å². The van der Waals surface area contributed by atoms with E-state index in [4.69, 9.17) is 5.11 Å². The minimum absolute atomic E-state index is 0.134. The number of carboxylic acids is 1. The van der Waals surface area contributed by atoms with Gasteiger partial charge in [0.25, 0.3) is 0 Å². The van der Waals surface area contributed by atoms with Gasteiger partial charge in [-0.25, -0.2) is 0 Å². The molecule has 78 valence electrons. The number of thioether (sulfide) groups is 1. The van der Waals surface area contributed by atoms with E-state index in [2.05, 4.69) is 0 Å². The van der Waals surface area contributed by atoms with Crippen molar-refractivity contribution in [1.82, 2.24) is 4.90 Å². The summed E-state index contributed by atoms with van der Waals surface area (Å²) in [7, 11) is 3.62. The van der Waals surface area contributed by atoms with Gasteiger partial charge in [0.05, 0.1) is 0 Å². The van der Waals surface area contributed by atoms with Gasteiger partial charge in [-0.05, 0) is 38.9 Å². The van der Waals surface area contributed by atoms with E-state index >= 15 is 0 Å². The lowest BCUT2D eigenvalue weighted by atomic mass is 9.87. The standard InChI is InChI=1S/C9H19NO2S/c1-7(6-13-5)9(2,8(11)12)10(3)4/h7H,6H2,1-5H3,(H,11,12). The van der Waals surface area contributed by atoms with Crippen LogP contribution in [0.2, 0.25) is 0 Å². The first-order chi connectivity index (χ1) is 5.87. The van der Waals surface area contributed by atoms with Crippen LogP contribution >= 0.6 is 11.8 Å². The quantitative estimate of drug-likeness (QED) is 0.736. The van der Waals surface area contributed by atoms with Crippen molar-refractivity contribution < 1.29 is 9.90 Å². The molecule has 4 heteroatoms. The van der Waals surface area contributed by atoms with Gasteiger partial charge >= 0.3 is 5.97 Å². The lowest BCUT2D eigenvalue weighted by molar-refractivity contribution is -0.151. The molecule has 1 N–H and O–H groups in total. The molecule has 0 saturated carbocycles. The molecule has 0 aromatic heterocycles. The summed E-state index contributed by atoms with van der Waals surface area (Å²) in [6.45, 7) is 3.75.